The number of carbonyl (C=O) groups is 1. The van der Waals surface area contributed by atoms with Crippen LogP contribution in [0.3, 0.4) is 0 Å². The molecule has 1 atom stereocenters. The summed E-state index contributed by atoms with van der Waals surface area (Å²) in [7, 11) is 0. The minimum atomic E-state index is -2.36. The van der Waals surface area contributed by atoms with Crippen molar-refractivity contribution in [1.29, 1.82) is 0 Å². The lowest BCUT2D eigenvalue weighted by atomic mass is 9.99. The quantitative estimate of drug-likeness (QED) is 0.0931. The van der Waals surface area contributed by atoms with Crippen molar-refractivity contribution in [2.45, 2.75) is 33.2 Å². The summed E-state index contributed by atoms with van der Waals surface area (Å²) in [4.78, 5) is 18.6. The first-order valence-electron chi connectivity index (χ1n) is 11.1. The van der Waals surface area contributed by atoms with Gasteiger partial charge >= 0.3 is 5.97 Å². The number of aromatic nitrogens is 3. The monoisotopic (exact) mass is 566 g/mol. The number of esters is 1. The Morgan fingerprint density at radius 2 is 1.58 bits per heavy atom. The molecule has 0 radical (unpaired) electrons. The average molecular weight is 567 g/mol. The van der Waals surface area contributed by atoms with E-state index in [2.05, 4.69) is 14.9 Å². The van der Waals surface area contributed by atoms with Gasteiger partial charge in [0.25, 0.3) is 0 Å². The van der Waals surface area contributed by atoms with Crippen molar-refractivity contribution < 1.29 is 31.5 Å². The number of nitrogens with zero attached hydrogens (tertiary/aromatic N) is 4. The highest BCUT2D eigenvalue weighted by atomic mass is 35.5. The van der Waals surface area contributed by atoms with Crippen LogP contribution in [0.2, 0.25) is 5.02 Å². The highest BCUT2D eigenvalue weighted by Crippen LogP contribution is 2.40. The first-order chi connectivity index (χ1) is 18.0. The molecule has 0 fully saturated rings. The number of fused-ring (bicyclic) bond motifs is 3. The third-order valence-corrected chi connectivity index (χ3v) is 7.55. The standard InChI is InChI=1S/C25H16ClF5N4O2S/c1-9-10(2)38-25-16(9)22(12-4-6-13(26)7-5-12)32-14(24-34-33-11(3)35(24)25)8-15(36)37-23-20(30)18(28)17(27)19(29)21(23)31/h4-7,14H,8H2,1-3H3/t14-/m1/s1. The number of halogens is 6. The number of thiophene rings is 1. The summed E-state index contributed by atoms with van der Waals surface area (Å²) in [5.41, 5.74) is 2.88. The van der Waals surface area contributed by atoms with E-state index in [1.165, 1.54) is 11.3 Å². The van der Waals surface area contributed by atoms with Crippen LogP contribution in [0.15, 0.2) is 29.3 Å². The predicted molar refractivity (Wildman–Crippen MR) is 130 cm³/mol. The van der Waals surface area contributed by atoms with Crippen LogP contribution in [0, 0.1) is 49.9 Å². The Kier molecular flexibility index (Phi) is 6.56. The van der Waals surface area contributed by atoms with Crippen molar-refractivity contribution >= 4 is 34.6 Å². The first kappa shape index (κ1) is 26.0. The summed E-state index contributed by atoms with van der Waals surface area (Å²) in [6.45, 7) is 5.59. The smallest absolute Gasteiger partial charge is 0.314 e. The van der Waals surface area contributed by atoms with Crippen LogP contribution in [0.4, 0.5) is 22.0 Å². The van der Waals surface area contributed by atoms with Gasteiger partial charge in [0.05, 0.1) is 12.1 Å². The Hall–Kier alpha value is -3.64. The van der Waals surface area contributed by atoms with Gasteiger partial charge < -0.3 is 4.74 Å². The normalized spacial score (nSPS) is 14.6. The fourth-order valence-corrected chi connectivity index (χ4v) is 5.46. The third-order valence-electron chi connectivity index (χ3n) is 6.10. The molecule has 0 bridgehead atoms. The van der Waals surface area contributed by atoms with Crippen molar-refractivity contribution in [3.63, 3.8) is 0 Å². The molecule has 0 N–H and O–H groups in total. The van der Waals surface area contributed by atoms with Crippen LogP contribution in [0.25, 0.3) is 5.00 Å². The molecule has 0 aliphatic carbocycles. The molecule has 1 aliphatic heterocycles. The van der Waals surface area contributed by atoms with Crippen molar-refractivity contribution in [3.8, 4) is 10.8 Å². The number of rotatable bonds is 4. The molecule has 0 unspecified atom stereocenters. The minimum Gasteiger partial charge on any atom is -0.420 e. The molecule has 1 aliphatic rings. The number of benzene rings is 2. The molecule has 13 heteroatoms. The minimum absolute atomic E-state index is 0.239. The Labute approximate surface area is 221 Å². The molecule has 3 heterocycles. The predicted octanol–water partition coefficient (Wildman–Crippen LogP) is 6.49. The lowest BCUT2D eigenvalue weighted by Crippen LogP contribution is -2.17. The molecule has 4 aromatic rings. The van der Waals surface area contributed by atoms with E-state index >= 15 is 0 Å². The van der Waals surface area contributed by atoms with Crippen molar-refractivity contribution in [2.75, 3.05) is 0 Å². The molecule has 2 aromatic carbocycles. The first-order valence-corrected chi connectivity index (χ1v) is 12.3. The van der Waals surface area contributed by atoms with Crippen LogP contribution in [-0.4, -0.2) is 26.4 Å². The number of aliphatic imine (C=N–C) groups is 1. The summed E-state index contributed by atoms with van der Waals surface area (Å²) < 4.78 is 75.2. The highest BCUT2D eigenvalue weighted by molar-refractivity contribution is 7.15. The molecule has 196 valence electrons. The SMILES string of the molecule is Cc1sc2c(c1C)C(c1ccc(Cl)cc1)=N[C@H](CC(=O)Oc1c(F)c(F)c(F)c(F)c1F)c1nnc(C)n1-2. The van der Waals surface area contributed by atoms with E-state index in [0.29, 0.717) is 22.1 Å². The topological polar surface area (TPSA) is 69.4 Å². The lowest BCUT2D eigenvalue weighted by molar-refractivity contribution is -0.135. The van der Waals surface area contributed by atoms with Gasteiger partial charge in [0.15, 0.2) is 5.82 Å². The van der Waals surface area contributed by atoms with Crippen molar-refractivity contribution in [2.24, 2.45) is 4.99 Å². The van der Waals surface area contributed by atoms with E-state index in [1.54, 1.807) is 35.8 Å². The van der Waals surface area contributed by atoms with Crippen LogP contribution in [0.5, 0.6) is 5.75 Å². The largest absolute Gasteiger partial charge is 0.420 e. The Bertz CT molecular complexity index is 1620. The Morgan fingerprint density at radius 3 is 2.21 bits per heavy atom. The van der Waals surface area contributed by atoms with Gasteiger partial charge in [-0.1, -0.05) is 23.7 Å². The molecule has 0 saturated carbocycles. The molecular weight excluding hydrogens is 551 g/mol. The molecule has 0 saturated heterocycles. The van der Waals surface area contributed by atoms with Crippen LogP contribution < -0.4 is 4.74 Å². The molecule has 2 aromatic heterocycles. The van der Waals surface area contributed by atoms with E-state index in [1.807, 2.05) is 13.8 Å². The fraction of sp³-hybridized carbons (Fsp3) is 0.200. The fourth-order valence-electron chi connectivity index (χ4n) is 4.12. The molecule has 6 nitrogen and oxygen atoms in total. The maximum absolute atomic E-state index is 14.1. The van der Waals surface area contributed by atoms with Gasteiger partial charge in [0.2, 0.25) is 34.8 Å². The zero-order chi connectivity index (χ0) is 27.5. The Balaban J connectivity index is 1.61. The number of aryl methyl sites for hydroxylation is 2. The van der Waals surface area contributed by atoms with Crippen molar-refractivity contribution in [3.05, 3.63) is 91.6 Å². The zero-order valence-corrected chi connectivity index (χ0v) is 21.4. The molecule has 38 heavy (non-hydrogen) atoms. The Morgan fingerprint density at radius 1 is 0.974 bits per heavy atom. The molecular formula is C25H16ClF5N4O2S. The van der Waals surface area contributed by atoms with E-state index in [0.717, 1.165) is 21.0 Å². The second kappa shape index (κ2) is 9.59. The van der Waals surface area contributed by atoms with Gasteiger partial charge in [-0.2, -0.15) is 8.78 Å². The molecule has 0 spiro atoms. The summed E-state index contributed by atoms with van der Waals surface area (Å²) >= 11 is 7.53. The summed E-state index contributed by atoms with van der Waals surface area (Å²) in [6, 6.07) is 5.78. The number of hydrogen-bond acceptors (Lipinski definition) is 6. The molecule has 5 rings (SSSR count). The van der Waals surface area contributed by atoms with Gasteiger partial charge in [-0.3, -0.25) is 14.4 Å². The van der Waals surface area contributed by atoms with Gasteiger partial charge in [-0.25, -0.2) is 13.2 Å². The number of carbonyl (C=O) groups excluding carboxylic acids is 1. The summed E-state index contributed by atoms with van der Waals surface area (Å²) in [5.74, 6) is -13.6. The van der Waals surface area contributed by atoms with Gasteiger partial charge in [-0.05, 0) is 38.5 Å². The van der Waals surface area contributed by atoms with Gasteiger partial charge in [-0.15, -0.1) is 21.5 Å². The van der Waals surface area contributed by atoms with Crippen LogP contribution in [-0.2, 0) is 4.79 Å². The molecule has 0 amide bonds. The van der Waals surface area contributed by atoms with E-state index in [4.69, 9.17) is 16.6 Å². The van der Waals surface area contributed by atoms with Crippen molar-refractivity contribution in [1.82, 2.24) is 14.8 Å². The number of ether oxygens (including phenoxy) is 1. The van der Waals surface area contributed by atoms with Crippen LogP contribution in [0.1, 0.15) is 45.7 Å². The third kappa shape index (κ3) is 4.17. The van der Waals surface area contributed by atoms with E-state index < -0.39 is 53.3 Å². The van der Waals surface area contributed by atoms with E-state index in [9.17, 15) is 26.7 Å². The van der Waals surface area contributed by atoms with Gasteiger partial charge in [0, 0.05) is 21.0 Å². The highest BCUT2D eigenvalue weighted by Gasteiger charge is 2.34. The number of hydrogen-bond donors (Lipinski definition) is 0. The average Bonchev–Trinajstić information content (AvgIpc) is 3.36. The zero-order valence-electron chi connectivity index (χ0n) is 19.9. The summed E-state index contributed by atoms with van der Waals surface area (Å²) in [5, 5.41) is 9.54. The maximum Gasteiger partial charge on any atom is 0.314 e. The second-order valence-corrected chi connectivity index (χ2v) is 10.1. The maximum atomic E-state index is 14.1. The lowest BCUT2D eigenvalue weighted by Gasteiger charge is -2.13. The summed E-state index contributed by atoms with van der Waals surface area (Å²) in [6.07, 6.45) is -0.637. The second-order valence-electron chi connectivity index (χ2n) is 8.48. The van der Waals surface area contributed by atoms with Gasteiger partial charge in [0.1, 0.15) is 16.9 Å². The van der Waals surface area contributed by atoms with E-state index in [-0.39, 0.29) is 5.82 Å². The van der Waals surface area contributed by atoms with Crippen LogP contribution >= 0.6 is 22.9 Å².